The van der Waals surface area contributed by atoms with Gasteiger partial charge >= 0.3 is 0 Å². The van der Waals surface area contributed by atoms with E-state index in [2.05, 4.69) is 22.5 Å². The number of carbonyl (C=O) groups is 1. The molecule has 0 spiro atoms. The first kappa shape index (κ1) is 26.4. The summed E-state index contributed by atoms with van der Waals surface area (Å²) in [5.74, 6) is -0.0356. The Labute approximate surface area is 217 Å². The highest BCUT2D eigenvalue weighted by atomic mass is 19.1. The molecule has 0 radical (unpaired) electrons. The van der Waals surface area contributed by atoms with Crippen LogP contribution in [-0.4, -0.2) is 28.1 Å². The second-order valence-electron chi connectivity index (χ2n) is 10.1. The lowest BCUT2D eigenvalue weighted by Crippen LogP contribution is -2.34. The number of benzene rings is 2. The first-order chi connectivity index (χ1) is 17.7. The maximum atomic E-state index is 14.8. The molecule has 196 valence electrons. The Morgan fingerprint density at radius 1 is 1.22 bits per heavy atom. The number of para-hydroxylation sites is 1. The molecule has 1 aliphatic rings. The Bertz CT molecular complexity index is 1330. The first-order valence-corrected chi connectivity index (χ1v) is 12.9. The lowest BCUT2D eigenvalue weighted by Gasteiger charge is -2.29. The van der Waals surface area contributed by atoms with Crippen LogP contribution in [0.4, 0.5) is 10.2 Å². The van der Waals surface area contributed by atoms with E-state index in [0.717, 1.165) is 43.4 Å². The van der Waals surface area contributed by atoms with Crippen molar-refractivity contribution in [1.82, 2.24) is 14.9 Å². The van der Waals surface area contributed by atoms with Gasteiger partial charge in [-0.05, 0) is 58.2 Å². The van der Waals surface area contributed by atoms with Gasteiger partial charge in [-0.1, -0.05) is 38.0 Å². The van der Waals surface area contributed by atoms with Crippen molar-refractivity contribution in [3.8, 4) is 11.4 Å². The molecule has 2 aromatic carbocycles. The zero-order valence-electron chi connectivity index (χ0n) is 21.9. The quantitative estimate of drug-likeness (QED) is 0.336. The van der Waals surface area contributed by atoms with Crippen molar-refractivity contribution >= 4 is 11.7 Å². The predicted octanol–water partition coefficient (Wildman–Crippen LogP) is 5.49. The van der Waals surface area contributed by atoms with Crippen LogP contribution < -0.4 is 20.9 Å². The summed E-state index contributed by atoms with van der Waals surface area (Å²) in [4.78, 5) is 30.4. The van der Waals surface area contributed by atoms with Gasteiger partial charge in [-0.15, -0.1) is 0 Å². The number of nitrogens with zero attached hydrogens (tertiary/aromatic N) is 2. The molecule has 0 aliphatic heterocycles. The van der Waals surface area contributed by atoms with Crippen LogP contribution in [0.1, 0.15) is 74.4 Å². The molecule has 1 fully saturated rings. The fourth-order valence-electron chi connectivity index (χ4n) is 4.24. The van der Waals surface area contributed by atoms with E-state index in [-0.39, 0.29) is 28.9 Å². The molecule has 0 bridgehead atoms. The number of nitrogens with one attached hydrogen (secondary N) is 2. The number of hydrogen-bond acceptors (Lipinski definition) is 5. The standard InChI is InChI=1S/C29H35FN4O3/c1-5-6-9-16-37-25-11-8-7-10-22(25)29(3,4)33-26-28(36)34(15-14-31-26)24-18-20(17-23(30)19(24)2)27(35)32-21-12-13-21/h7-8,10-11,14-15,17-18,21H,5-6,9,12-13,16H2,1-4H3,(H,31,33)(H,32,35). The average molecular weight is 507 g/mol. The third-order valence-electron chi connectivity index (χ3n) is 6.59. The molecule has 1 aromatic heterocycles. The van der Waals surface area contributed by atoms with Gasteiger partial charge in [-0.3, -0.25) is 14.2 Å². The molecule has 0 atom stereocenters. The fraction of sp³-hybridized carbons (Fsp3) is 0.414. The van der Waals surface area contributed by atoms with Crippen molar-refractivity contribution in [2.75, 3.05) is 11.9 Å². The van der Waals surface area contributed by atoms with E-state index in [9.17, 15) is 14.0 Å². The van der Waals surface area contributed by atoms with Gasteiger partial charge in [0.2, 0.25) is 0 Å². The molecule has 0 saturated heterocycles. The maximum Gasteiger partial charge on any atom is 0.297 e. The topological polar surface area (TPSA) is 85.2 Å². The summed E-state index contributed by atoms with van der Waals surface area (Å²) in [6, 6.07) is 10.6. The largest absolute Gasteiger partial charge is 0.493 e. The van der Waals surface area contributed by atoms with Crippen LogP contribution in [0.5, 0.6) is 5.75 Å². The molecule has 1 amide bonds. The highest BCUT2D eigenvalue weighted by molar-refractivity contribution is 5.95. The molecular formula is C29H35FN4O3. The predicted molar refractivity (Wildman–Crippen MR) is 143 cm³/mol. The Kier molecular flexibility index (Phi) is 7.95. The maximum absolute atomic E-state index is 14.8. The van der Waals surface area contributed by atoms with Crippen LogP contribution in [0.25, 0.3) is 5.69 Å². The first-order valence-electron chi connectivity index (χ1n) is 12.9. The molecule has 0 unspecified atom stereocenters. The Morgan fingerprint density at radius 2 is 1.97 bits per heavy atom. The molecule has 1 saturated carbocycles. The molecule has 7 nitrogen and oxygen atoms in total. The third-order valence-corrected chi connectivity index (χ3v) is 6.59. The van der Waals surface area contributed by atoms with Crippen LogP contribution in [-0.2, 0) is 5.54 Å². The van der Waals surface area contributed by atoms with Crippen molar-refractivity contribution in [1.29, 1.82) is 0 Å². The second kappa shape index (κ2) is 11.2. The minimum atomic E-state index is -0.695. The summed E-state index contributed by atoms with van der Waals surface area (Å²) in [6.45, 7) is 8.26. The van der Waals surface area contributed by atoms with Gasteiger partial charge in [0.25, 0.3) is 11.5 Å². The van der Waals surface area contributed by atoms with E-state index < -0.39 is 16.9 Å². The molecule has 8 heteroatoms. The van der Waals surface area contributed by atoms with E-state index >= 15 is 0 Å². The number of halogens is 1. The number of unbranched alkanes of at least 4 members (excludes halogenated alkanes) is 2. The molecule has 1 heterocycles. The summed E-state index contributed by atoms with van der Waals surface area (Å²) in [5, 5.41) is 6.13. The summed E-state index contributed by atoms with van der Waals surface area (Å²) in [6.07, 6.45) is 8.00. The Balaban J connectivity index is 1.64. The van der Waals surface area contributed by atoms with Crippen LogP contribution in [0.3, 0.4) is 0 Å². The van der Waals surface area contributed by atoms with Crippen LogP contribution >= 0.6 is 0 Å². The van der Waals surface area contributed by atoms with Crippen molar-refractivity contribution in [3.05, 3.63) is 81.7 Å². The number of amides is 1. The number of ether oxygens (including phenoxy) is 1. The van der Waals surface area contributed by atoms with Gasteiger partial charge in [-0.2, -0.15) is 0 Å². The number of hydrogen-bond donors (Lipinski definition) is 2. The molecule has 4 rings (SSSR count). The van der Waals surface area contributed by atoms with Crippen molar-refractivity contribution < 1.29 is 13.9 Å². The van der Waals surface area contributed by atoms with E-state index in [0.29, 0.717) is 12.3 Å². The van der Waals surface area contributed by atoms with Gasteiger partial charge in [0.1, 0.15) is 11.6 Å². The summed E-state index contributed by atoms with van der Waals surface area (Å²) in [5.41, 5.74) is 0.501. The lowest BCUT2D eigenvalue weighted by atomic mass is 9.93. The Morgan fingerprint density at radius 3 is 2.70 bits per heavy atom. The number of anilines is 1. The van der Waals surface area contributed by atoms with Crippen molar-refractivity contribution in [2.24, 2.45) is 0 Å². The van der Waals surface area contributed by atoms with Gasteiger partial charge in [0.15, 0.2) is 5.82 Å². The summed E-state index contributed by atoms with van der Waals surface area (Å²) in [7, 11) is 0. The number of carbonyl (C=O) groups excluding carboxylic acids is 1. The minimum Gasteiger partial charge on any atom is -0.493 e. The van der Waals surface area contributed by atoms with E-state index in [1.165, 1.54) is 23.0 Å². The van der Waals surface area contributed by atoms with E-state index in [1.54, 1.807) is 13.0 Å². The van der Waals surface area contributed by atoms with Crippen LogP contribution in [0.15, 0.2) is 53.6 Å². The van der Waals surface area contributed by atoms with Crippen molar-refractivity contribution in [2.45, 2.75) is 71.4 Å². The highest BCUT2D eigenvalue weighted by Crippen LogP contribution is 2.32. The van der Waals surface area contributed by atoms with E-state index in [1.807, 2.05) is 38.1 Å². The third kappa shape index (κ3) is 6.18. The normalized spacial score (nSPS) is 13.3. The minimum absolute atomic E-state index is 0.112. The molecule has 1 aliphatic carbocycles. The monoisotopic (exact) mass is 506 g/mol. The van der Waals surface area contributed by atoms with Crippen LogP contribution in [0, 0.1) is 12.7 Å². The summed E-state index contributed by atoms with van der Waals surface area (Å²) < 4.78 is 22.2. The second-order valence-corrected chi connectivity index (χ2v) is 10.1. The molecule has 37 heavy (non-hydrogen) atoms. The molecule has 2 N–H and O–H groups in total. The van der Waals surface area contributed by atoms with Gasteiger partial charge in [0, 0.05) is 35.1 Å². The average Bonchev–Trinajstić information content (AvgIpc) is 3.69. The van der Waals surface area contributed by atoms with Crippen molar-refractivity contribution in [3.63, 3.8) is 0 Å². The van der Waals surface area contributed by atoms with Crippen LogP contribution in [0.2, 0.25) is 0 Å². The van der Waals surface area contributed by atoms with E-state index in [4.69, 9.17) is 4.74 Å². The number of rotatable bonds is 11. The number of aromatic nitrogens is 2. The zero-order chi connectivity index (χ0) is 26.6. The van der Waals surface area contributed by atoms with Gasteiger partial charge in [-0.25, -0.2) is 9.37 Å². The SMILES string of the molecule is CCCCCOc1ccccc1C(C)(C)Nc1nccn(-c2cc(C(=O)NC3CC3)cc(F)c2C)c1=O. The fourth-order valence-corrected chi connectivity index (χ4v) is 4.24. The molecule has 3 aromatic rings. The zero-order valence-corrected chi connectivity index (χ0v) is 21.9. The summed E-state index contributed by atoms with van der Waals surface area (Å²) >= 11 is 0. The Hall–Kier alpha value is -3.68. The smallest absolute Gasteiger partial charge is 0.297 e. The van der Waals surface area contributed by atoms with Gasteiger partial charge in [0.05, 0.1) is 17.8 Å². The molecular weight excluding hydrogens is 471 g/mol. The van der Waals surface area contributed by atoms with Gasteiger partial charge < -0.3 is 15.4 Å². The lowest BCUT2D eigenvalue weighted by molar-refractivity contribution is 0.0950. The highest BCUT2D eigenvalue weighted by Gasteiger charge is 2.27.